The normalized spacial score (nSPS) is 10.0. The zero-order chi connectivity index (χ0) is 15.8. The summed E-state index contributed by atoms with van der Waals surface area (Å²) in [4.78, 5) is 20.1. The molecule has 1 aromatic carbocycles. The van der Waals surface area contributed by atoms with Gasteiger partial charge in [0.2, 0.25) is 0 Å². The highest BCUT2D eigenvalue weighted by atomic mass is 127. The minimum absolute atomic E-state index is 0.383. The molecule has 0 saturated carbocycles. The molecule has 4 N–H and O–H groups in total. The lowest BCUT2D eigenvalue weighted by molar-refractivity contribution is 0.0523. The fourth-order valence-corrected chi connectivity index (χ4v) is 1.45. The highest BCUT2D eigenvalue weighted by Gasteiger charge is 2.15. The van der Waals surface area contributed by atoms with Gasteiger partial charge in [-0.2, -0.15) is 0 Å². The zero-order valence-corrected chi connectivity index (χ0v) is 13.8. The molecule has 0 unspecified atom stereocenters. The van der Waals surface area contributed by atoms with Crippen LogP contribution >= 0.6 is 22.6 Å². The minimum Gasteiger partial charge on any atom is -0.465 e. The number of carbonyl (C=O) groups is 2. The van der Waals surface area contributed by atoms with Gasteiger partial charge < -0.3 is 20.9 Å². The number of benzene rings is 1. The van der Waals surface area contributed by atoms with Gasteiger partial charge in [-0.1, -0.05) is 12.1 Å². The second-order valence-electron chi connectivity index (χ2n) is 4.82. The van der Waals surface area contributed by atoms with E-state index in [1.54, 1.807) is 0 Å². The average molecular weight is 394 g/mol. The molecule has 0 aliphatic heterocycles. The molecule has 112 valence electrons. The third kappa shape index (κ3) is 11.6. The van der Waals surface area contributed by atoms with Crippen LogP contribution in [0.3, 0.4) is 0 Å². The molecule has 0 aliphatic rings. The fourth-order valence-electron chi connectivity index (χ4n) is 1.09. The second-order valence-corrected chi connectivity index (χ2v) is 6.07. The first-order chi connectivity index (χ1) is 9.10. The molecule has 0 fully saturated rings. The molecule has 2 amide bonds. The molecule has 6 nitrogen and oxygen atoms in total. The van der Waals surface area contributed by atoms with Crippen LogP contribution in [-0.4, -0.2) is 22.9 Å². The highest BCUT2D eigenvalue weighted by Crippen LogP contribution is 2.08. The number of nitrogens with one attached hydrogen (secondary N) is 1. The summed E-state index contributed by atoms with van der Waals surface area (Å²) in [5.74, 6) is 0. The van der Waals surface area contributed by atoms with Crippen LogP contribution in [0, 0.1) is 3.57 Å². The molecule has 0 aliphatic carbocycles. The van der Waals surface area contributed by atoms with Crippen molar-refractivity contribution >= 4 is 34.8 Å². The van der Waals surface area contributed by atoms with Gasteiger partial charge in [0.15, 0.2) is 0 Å². The zero-order valence-electron chi connectivity index (χ0n) is 11.6. The Hall–Kier alpha value is -1.51. The number of nitrogens with two attached hydrogens (primary N) is 1. The summed E-state index contributed by atoms with van der Waals surface area (Å²) in [6, 6.07) is 7.98. The predicted octanol–water partition coefficient (Wildman–Crippen LogP) is 2.94. The first kappa shape index (κ1) is 18.5. The van der Waals surface area contributed by atoms with Crippen molar-refractivity contribution in [3.63, 3.8) is 0 Å². The van der Waals surface area contributed by atoms with E-state index in [1.807, 2.05) is 45.0 Å². The molecule has 0 radical (unpaired) electrons. The van der Waals surface area contributed by atoms with Crippen LogP contribution in [0.5, 0.6) is 0 Å². The molecule has 0 bridgehead atoms. The Morgan fingerprint density at radius 3 is 2.15 bits per heavy atom. The standard InChI is InChI=1S/C12H16INO2.CH3NO2/c1-12(2,3)16-11(15)14-8-9-4-6-10(13)7-5-9;2-1(3)4/h4-7H,8H2,1-3H3,(H,14,15);2H2,(H,3,4). The van der Waals surface area contributed by atoms with Crippen LogP contribution in [0.25, 0.3) is 0 Å². The number of carboxylic acid groups (broad SMARTS) is 1. The van der Waals surface area contributed by atoms with Gasteiger partial charge in [0.1, 0.15) is 5.60 Å². The minimum atomic E-state index is -1.33. The molecule has 0 aromatic heterocycles. The summed E-state index contributed by atoms with van der Waals surface area (Å²) < 4.78 is 6.31. The van der Waals surface area contributed by atoms with Crippen molar-refractivity contribution in [3.8, 4) is 0 Å². The topological polar surface area (TPSA) is 102 Å². The Kier molecular flexibility index (Phi) is 7.97. The Balaban J connectivity index is 0.000000796. The monoisotopic (exact) mass is 394 g/mol. The third-order valence-electron chi connectivity index (χ3n) is 1.75. The predicted molar refractivity (Wildman–Crippen MR) is 84.4 cm³/mol. The number of amides is 2. The highest BCUT2D eigenvalue weighted by molar-refractivity contribution is 14.1. The number of hydrogen-bond acceptors (Lipinski definition) is 3. The SMILES string of the molecule is CC(C)(C)OC(=O)NCc1ccc(I)cc1.NC(=O)O. The second kappa shape index (κ2) is 8.62. The molecule has 1 rings (SSSR count). The van der Waals surface area contributed by atoms with Crippen LogP contribution in [0.2, 0.25) is 0 Å². The van der Waals surface area contributed by atoms with Crippen molar-refractivity contribution in [3.05, 3.63) is 33.4 Å². The van der Waals surface area contributed by atoms with E-state index in [1.165, 1.54) is 3.57 Å². The van der Waals surface area contributed by atoms with Gasteiger partial charge in [-0.3, -0.25) is 0 Å². The molecule has 0 atom stereocenters. The van der Waals surface area contributed by atoms with Gasteiger partial charge in [0.05, 0.1) is 0 Å². The average Bonchev–Trinajstić information content (AvgIpc) is 2.25. The van der Waals surface area contributed by atoms with Crippen LogP contribution in [0.1, 0.15) is 26.3 Å². The summed E-state index contributed by atoms with van der Waals surface area (Å²) in [5, 5.41) is 9.91. The molecule has 0 saturated heterocycles. The molecule has 0 heterocycles. The van der Waals surface area contributed by atoms with E-state index >= 15 is 0 Å². The first-order valence-electron chi connectivity index (χ1n) is 5.80. The number of ether oxygens (including phenoxy) is 1. The van der Waals surface area contributed by atoms with Gasteiger partial charge >= 0.3 is 12.2 Å². The van der Waals surface area contributed by atoms with Crippen molar-refractivity contribution in [2.45, 2.75) is 32.9 Å². The maximum absolute atomic E-state index is 11.4. The molecular weight excluding hydrogens is 375 g/mol. The molecule has 20 heavy (non-hydrogen) atoms. The number of rotatable bonds is 2. The summed E-state index contributed by atoms with van der Waals surface area (Å²) in [7, 11) is 0. The van der Waals surface area contributed by atoms with Crippen LogP contribution in [0.4, 0.5) is 9.59 Å². The lowest BCUT2D eigenvalue weighted by Gasteiger charge is -2.19. The quantitative estimate of drug-likeness (QED) is 0.672. The lowest BCUT2D eigenvalue weighted by Crippen LogP contribution is -2.32. The molecule has 7 heteroatoms. The van der Waals surface area contributed by atoms with Crippen LogP contribution in [0.15, 0.2) is 24.3 Å². The van der Waals surface area contributed by atoms with Crippen molar-refractivity contribution in [2.75, 3.05) is 0 Å². The van der Waals surface area contributed by atoms with Crippen LogP contribution in [-0.2, 0) is 11.3 Å². The summed E-state index contributed by atoms with van der Waals surface area (Å²) in [6.45, 7) is 6.03. The van der Waals surface area contributed by atoms with Gasteiger partial charge in [0, 0.05) is 10.1 Å². The van der Waals surface area contributed by atoms with Crippen molar-refractivity contribution in [1.29, 1.82) is 0 Å². The van der Waals surface area contributed by atoms with E-state index in [2.05, 4.69) is 33.6 Å². The van der Waals surface area contributed by atoms with E-state index in [-0.39, 0.29) is 6.09 Å². The van der Waals surface area contributed by atoms with Crippen molar-refractivity contribution in [2.24, 2.45) is 5.73 Å². The lowest BCUT2D eigenvalue weighted by atomic mass is 10.2. The fraction of sp³-hybridized carbons (Fsp3) is 0.385. The number of halogens is 1. The summed E-state index contributed by atoms with van der Waals surface area (Å²) in [5.41, 5.74) is 4.64. The van der Waals surface area contributed by atoms with Gasteiger partial charge in [-0.25, -0.2) is 9.59 Å². The van der Waals surface area contributed by atoms with E-state index < -0.39 is 11.7 Å². The molecule has 0 spiro atoms. The largest absolute Gasteiger partial charge is 0.465 e. The van der Waals surface area contributed by atoms with E-state index in [9.17, 15) is 4.79 Å². The summed E-state index contributed by atoms with van der Waals surface area (Å²) >= 11 is 2.24. The van der Waals surface area contributed by atoms with Crippen molar-refractivity contribution in [1.82, 2.24) is 5.32 Å². The number of primary amides is 1. The summed E-state index contributed by atoms with van der Waals surface area (Å²) in [6.07, 6.45) is -1.72. The van der Waals surface area contributed by atoms with E-state index in [0.717, 1.165) is 5.56 Å². The van der Waals surface area contributed by atoms with Gasteiger partial charge in [-0.05, 0) is 61.1 Å². The first-order valence-corrected chi connectivity index (χ1v) is 6.87. The van der Waals surface area contributed by atoms with E-state index in [4.69, 9.17) is 14.6 Å². The van der Waals surface area contributed by atoms with Crippen molar-refractivity contribution < 1.29 is 19.4 Å². The molecule has 1 aromatic rings. The maximum atomic E-state index is 11.4. The Bertz CT molecular complexity index is 437. The maximum Gasteiger partial charge on any atom is 0.407 e. The van der Waals surface area contributed by atoms with E-state index in [0.29, 0.717) is 6.54 Å². The third-order valence-corrected chi connectivity index (χ3v) is 2.47. The Labute approximate surface area is 131 Å². The number of alkyl carbamates (subject to hydrolysis) is 1. The number of carbonyl (C=O) groups excluding carboxylic acids is 1. The van der Waals surface area contributed by atoms with Gasteiger partial charge in [0.25, 0.3) is 0 Å². The van der Waals surface area contributed by atoms with Gasteiger partial charge in [-0.15, -0.1) is 0 Å². The Morgan fingerprint density at radius 2 is 1.75 bits per heavy atom. The van der Waals surface area contributed by atoms with Crippen LogP contribution < -0.4 is 11.1 Å². The smallest absolute Gasteiger partial charge is 0.407 e. The Morgan fingerprint density at radius 1 is 1.30 bits per heavy atom. The molecular formula is C13H19IN2O4. The number of hydrogen-bond donors (Lipinski definition) is 3.